The zero-order valence-corrected chi connectivity index (χ0v) is 18.5. The van der Waals surface area contributed by atoms with E-state index in [1.165, 1.54) is 12.1 Å². The molecule has 29 heavy (non-hydrogen) atoms. The summed E-state index contributed by atoms with van der Waals surface area (Å²) in [4.78, 5) is 17.3. The summed E-state index contributed by atoms with van der Waals surface area (Å²) >= 11 is 0. The molecule has 1 atom stereocenters. The van der Waals surface area contributed by atoms with Gasteiger partial charge in [0.1, 0.15) is 0 Å². The smallest absolute Gasteiger partial charge is 0.279 e. The fourth-order valence-corrected chi connectivity index (χ4v) is 4.26. The summed E-state index contributed by atoms with van der Waals surface area (Å²) < 4.78 is 33.4. The molecule has 0 saturated carbocycles. The number of rotatable bonds is 4. The first-order valence-corrected chi connectivity index (χ1v) is 11.6. The van der Waals surface area contributed by atoms with Crippen LogP contribution < -0.4 is 5.49 Å². The Morgan fingerprint density at radius 1 is 1.28 bits per heavy atom. The van der Waals surface area contributed by atoms with E-state index in [1.54, 1.807) is 12.1 Å². The molecule has 3 rings (SSSR count). The first-order valence-electron chi connectivity index (χ1n) is 9.75. The van der Waals surface area contributed by atoms with Crippen molar-refractivity contribution >= 4 is 15.7 Å². The molecular weight excluding hydrogens is 390 g/mol. The topological polar surface area (TPSA) is 82.7 Å². The van der Waals surface area contributed by atoms with E-state index < -0.39 is 15.7 Å². The summed E-state index contributed by atoms with van der Waals surface area (Å²) in [6, 6.07) is 7.92. The number of carbonyl (C=O) groups is 1. The maximum absolute atomic E-state index is 12.8. The Balaban J connectivity index is 2.06. The monoisotopic (exact) mass is 419 g/mol. The van der Waals surface area contributed by atoms with Gasteiger partial charge in [-0.3, -0.25) is 14.2 Å². The highest BCUT2D eigenvalue weighted by atomic mass is 32.2. The van der Waals surface area contributed by atoms with E-state index in [1.807, 2.05) is 22.5 Å². The second-order valence-electron chi connectivity index (χ2n) is 8.60. The maximum atomic E-state index is 12.8. The summed E-state index contributed by atoms with van der Waals surface area (Å²) in [6.45, 7) is 7.70. The molecule has 0 N–H and O–H groups in total. The minimum Gasteiger partial charge on any atom is -0.376 e. The second kappa shape index (κ2) is 7.91. The number of hydrogen-bond acceptors (Lipinski definition) is 4. The Labute approximate surface area is 171 Å². The van der Waals surface area contributed by atoms with Crippen LogP contribution >= 0.6 is 0 Å². The van der Waals surface area contributed by atoms with E-state index in [9.17, 15) is 13.2 Å². The molecule has 0 aliphatic carbocycles. The number of nitrogens with zero attached hydrogens (tertiary/aromatic N) is 3. The lowest BCUT2D eigenvalue weighted by atomic mass is 9.92. The van der Waals surface area contributed by atoms with Crippen LogP contribution in [-0.4, -0.2) is 42.7 Å². The minimum atomic E-state index is -3.40. The van der Waals surface area contributed by atoms with Crippen molar-refractivity contribution in [3.8, 4) is 0 Å². The molecule has 0 radical (unpaired) electrons. The van der Waals surface area contributed by atoms with Gasteiger partial charge in [0, 0.05) is 42.6 Å². The predicted molar refractivity (Wildman–Crippen MR) is 111 cm³/mol. The molecule has 1 saturated heterocycles. The molecule has 1 amide bonds. The van der Waals surface area contributed by atoms with Crippen LogP contribution in [0.4, 0.5) is 0 Å². The van der Waals surface area contributed by atoms with Gasteiger partial charge in [-0.15, -0.1) is 0 Å². The molecular formula is C21H29N3O4S. The van der Waals surface area contributed by atoms with Gasteiger partial charge in [0.2, 0.25) is 0 Å². The van der Waals surface area contributed by atoms with Crippen molar-refractivity contribution < 1.29 is 17.9 Å². The van der Waals surface area contributed by atoms with Gasteiger partial charge in [0.15, 0.2) is 15.3 Å². The molecule has 2 heterocycles. The van der Waals surface area contributed by atoms with Gasteiger partial charge in [-0.1, -0.05) is 26.8 Å². The summed E-state index contributed by atoms with van der Waals surface area (Å²) in [6.07, 6.45) is 3.23. The third-order valence-electron chi connectivity index (χ3n) is 5.14. The molecule has 1 fully saturated rings. The second-order valence-corrected chi connectivity index (χ2v) is 10.6. The third kappa shape index (κ3) is 4.87. The molecule has 1 aromatic heterocycles. The molecule has 7 nitrogen and oxygen atoms in total. The van der Waals surface area contributed by atoms with E-state index in [-0.39, 0.29) is 22.0 Å². The summed E-state index contributed by atoms with van der Waals surface area (Å²) in [5, 5.41) is 0. The van der Waals surface area contributed by atoms with Crippen LogP contribution in [0.2, 0.25) is 0 Å². The largest absolute Gasteiger partial charge is 0.376 e. The number of amides is 1. The van der Waals surface area contributed by atoms with E-state index in [0.717, 1.165) is 31.4 Å². The average molecular weight is 420 g/mol. The molecule has 0 unspecified atom stereocenters. The quantitative estimate of drug-likeness (QED) is 0.762. The zero-order chi connectivity index (χ0) is 21.4. The molecule has 1 aliphatic heterocycles. The van der Waals surface area contributed by atoms with Crippen molar-refractivity contribution in [2.45, 2.75) is 56.6 Å². The Bertz CT molecular complexity index is 1080. The third-order valence-corrected chi connectivity index (χ3v) is 6.25. The number of sulfone groups is 1. The highest BCUT2D eigenvalue weighted by Gasteiger charge is 2.23. The number of aromatic nitrogens is 2. The van der Waals surface area contributed by atoms with Crippen molar-refractivity contribution in [1.82, 2.24) is 9.36 Å². The van der Waals surface area contributed by atoms with E-state index in [0.29, 0.717) is 12.0 Å². The Kier molecular flexibility index (Phi) is 5.87. The van der Waals surface area contributed by atoms with Crippen LogP contribution in [0.15, 0.2) is 40.2 Å². The lowest BCUT2D eigenvalue weighted by Crippen LogP contribution is -2.30. The van der Waals surface area contributed by atoms with Gasteiger partial charge >= 0.3 is 0 Å². The van der Waals surface area contributed by atoms with Crippen LogP contribution in [0.5, 0.6) is 0 Å². The number of carbonyl (C=O) groups excluding carboxylic acids is 1. The van der Waals surface area contributed by atoms with Crippen molar-refractivity contribution in [2.24, 2.45) is 12.0 Å². The Hall–Kier alpha value is -2.19. The first kappa shape index (κ1) is 21.5. The molecule has 8 heteroatoms. The average Bonchev–Trinajstić information content (AvgIpc) is 3.24. The lowest BCUT2D eigenvalue weighted by Gasteiger charge is -2.21. The lowest BCUT2D eigenvalue weighted by molar-refractivity contribution is 0.0885. The standard InChI is InChI=1S/C21H29N3O4S/c1-21(2,3)18-13-19(24(23(18)4)14-16-9-7-11-28-16)22-20(25)15-8-6-10-17(12-15)29(5,26)27/h6,8,10,12-13,16H,7,9,11,14H2,1-5H3/t16-/m1/s1. The first-order chi connectivity index (χ1) is 13.5. The van der Waals surface area contributed by atoms with Crippen molar-refractivity contribution in [2.75, 3.05) is 12.9 Å². The predicted octanol–water partition coefficient (Wildman–Crippen LogP) is 2.45. The molecule has 0 bridgehead atoms. The molecule has 2 aromatic rings. The van der Waals surface area contributed by atoms with Crippen LogP contribution in [-0.2, 0) is 33.6 Å². The number of ether oxygens (including phenoxy) is 1. The summed E-state index contributed by atoms with van der Waals surface area (Å²) in [5.41, 5.74) is 1.72. The minimum absolute atomic E-state index is 0.0963. The van der Waals surface area contributed by atoms with Crippen molar-refractivity contribution in [3.05, 3.63) is 47.1 Å². The van der Waals surface area contributed by atoms with Gasteiger partial charge in [-0.25, -0.2) is 8.42 Å². The normalized spacial score (nSPS) is 18.4. The van der Waals surface area contributed by atoms with Crippen LogP contribution in [0.25, 0.3) is 0 Å². The van der Waals surface area contributed by atoms with Gasteiger partial charge in [-0.2, -0.15) is 4.99 Å². The number of hydrogen-bond donors (Lipinski definition) is 0. The van der Waals surface area contributed by atoms with Crippen LogP contribution in [0.1, 0.15) is 49.7 Å². The van der Waals surface area contributed by atoms with Crippen molar-refractivity contribution in [3.63, 3.8) is 0 Å². The maximum Gasteiger partial charge on any atom is 0.279 e. The number of benzene rings is 1. The highest BCUT2D eigenvalue weighted by molar-refractivity contribution is 7.90. The zero-order valence-electron chi connectivity index (χ0n) is 17.7. The summed E-state index contributed by atoms with van der Waals surface area (Å²) in [5.74, 6) is -0.470. The Morgan fingerprint density at radius 2 is 2.00 bits per heavy atom. The van der Waals surface area contributed by atoms with E-state index in [4.69, 9.17) is 4.74 Å². The fourth-order valence-electron chi connectivity index (χ4n) is 3.59. The van der Waals surface area contributed by atoms with E-state index >= 15 is 0 Å². The van der Waals surface area contributed by atoms with Gasteiger partial charge in [0.05, 0.1) is 17.5 Å². The van der Waals surface area contributed by atoms with Gasteiger partial charge < -0.3 is 4.74 Å². The van der Waals surface area contributed by atoms with Gasteiger partial charge in [-0.05, 0) is 31.0 Å². The Morgan fingerprint density at radius 3 is 2.59 bits per heavy atom. The fraction of sp³-hybridized carbons (Fsp3) is 0.524. The molecule has 158 valence electrons. The van der Waals surface area contributed by atoms with Crippen LogP contribution in [0, 0.1) is 0 Å². The summed E-state index contributed by atoms with van der Waals surface area (Å²) in [7, 11) is -1.44. The van der Waals surface area contributed by atoms with Crippen molar-refractivity contribution in [1.29, 1.82) is 0 Å². The van der Waals surface area contributed by atoms with E-state index in [2.05, 4.69) is 25.8 Å². The molecule has 1 aliphatic rings. The van der Waals surface area contributed by atoms with Crippen LogP contribution in [0.3, 0.4) is 0 Å². The molecule has 0 spiro atoms. The SMILES string of the molecule is Cn1c(C(C)(C)C)cc(=NC(=O)c2cccc(S(C)(=O)=O)c2)n1C[C@H]1CCCO1. The highest BCUT2D eigenvalue weighted by Crippen LogP contribution is 2.21. The van der Waals surface area contributed by atoms with Gasteiger partial charge in [0.25, 0.3) is 5.91 Å². The molecule has 1 aromatic carbocycles.